The summed E-state index contributed by atoms with van der Waals surface area (Å²) in [6.45, 7) is 1.17. The molecule has 1 saturated heterocycles. The van der Waals surface area contributed by atoms with Crippen molar-refractivity contribution in [3.8, 4) is 5.75 Å². The molecule has 20 heavy (non-hydrogen) atoms. The van der Waals surface area contributed by atoms with E-state index in [2.05, 4.69) is 53.4 Å². The quantitative estimate of drug-likeness (QED) is 0.833. The second kappa shape index (κ2) is 6.00. The molecule has 1 fully saturated rings. The summed E-state index contributed by atoms with van der Waals surface area (Å²) in [4.78, 5) is 2.54. The third-order valence-corrected chi connectivity index (χ3v) is 4.07. The average Bonchev–Trinajstić information content (AvgIpc) is 2.96. The van der Waals surface area contributed by atoms with Crippen LogP contribution in [0.2, 0.25) is 0 Å². The topological polar surface area (TPSA) is 12.5 Å². The van der Waals surface area contributed by atoms with Gasteiger partial charge in [0.25, 0.3) is 0 Å². The van der Waals surface area contributed by atoms with Crippen LogP contribution in [0, 0.1) is 0 Å². The Kier molecular flexibility index (Phi) is 3.91. The van der Waals surface area contributed by atoms with Gasteiger partial charge in [0.15, 0.2) is 0 Å². The van der Waals surface area contributed by atoms with Gasteiger partial charge in [0.1, 0.15) is 5.75 Å². The number of methoxy groups -OCH3 is 1. The van der Waals surface area contributed by atoms with Crippen LogP contribution in [-0.4, -0.2) is 19.7 Å². The Hall–Kier alpha value is -1.96. The van der Waals surface area contributed by atoms with Gasteiger partial charge in [0.05, 0.1) is 7.11 Å². The number of ether oxygens (including phenoxy) is 1. The van der Waals surface area contributed by atoms with Gasteiger partial charge in [-0.15, -0.1) is 0 Å². The van der Waals surface area contributed by atoms with E-state index in [1.54, 1.807) is 7.11 Å². The predicted molar refractivity (Wildman–Crippen MR) is 83.5 cm³/mol. The molecule has 1 unspecified atom stereocenters. The molecule has 0 spiro atoms. The highest BCUT2D eigenvalue weighted by atomic mass is 16.5. The van der Waals surface area contributed by atoms with Crippen LogP contribution < -0.4 is 9.64 Å². The molecule has 3 rings (SSSR count). The first kappa shape index (κ1) is 13.0. The summed E-state index contributed by atoms with van der Waals surface area (Å²) >= 11 is 0. The Morgan fingerprint density at radius 3 is 2.75 bits per heavy atom. The molecule has 2 aromatic carbocycles. The van der Waals surface area contributed by atoms with E-state index < -0.39 is 0 Å². The summed E-state index contributed by atoms with van der Waals surface area (Å²) in [6, 6.07) is 19.8. The van der Waals surface area contributed by atoms with Crippen LogP contribution in [0.1, 0.15) is 18.4 Å². The Morgan fingerprint density at radius 1 is 1.10 bits per heavy atom. The molecule has 0 N–H and O–H groups in total. The SMILES string of the molecule is COc1cccc(CC2CCCN2c2ccccc2)c1. The van der Waals surface area contributed by atoms with E-state index >= 15 is 0 Å². The van der Waals surface area contributed by atoms with Gasteiger partial charge in [-0.05, 0) is 49.1 Å². The lowest BCUT2D eigenvalue weighted by Crippen LogP contribution is -2.30. The highest BCUT2D eigenvalue weighted by molar-refractivity contribution is 5.48. The van der Waals surface area contributed by atoms with Crippen molar-refractivity contribution in [2.45, 2.75) is 25.3 Å². The van der Waals surface area contributed by atoms with Crippen LogP contribution in [0.4, 0.5) is 5.69 Å². The molecule has 104 valence electrons. The number of nitrogens with zero attached hydrogens (tertiary/aromatic N) is 1. The van der Waals surface area contributed by atoms with Crippen molar-refractivity contribution in [3.63, 3.8) is 0 Å². The van der Waals surface area contributed by atoms with Crippen molar-refractivity contribution in [1.82, 2.24) is 0 Å². The number of para-hydroxylation sites is 1. The fourth-order valence-electron chi connectivity index (χ4n) is 3.08. The van der Waals surface area contributed by atoms with Crippen molar-refractivity contribution < 1.29 is 4.74 Å². The molecule has 0 amide bonds. The minimum absolute atomic E-state index is 0.601. The van der Waals surface area contributed by atoms with Gasteiger partial charge in [-0.3, -0.25) is 0 Å². The van der Waals surface area contributed by atoms with Crippen molar-refractivity contribution in [1.29, 1.82) is 0 Å². The van der Waals surface area contributed by atoms with E-state index in [1.807, 2.05) is 6.07 Å². The van der Waals surface area contributed by atoms with Gasteiger partial charge in [0.2, 0.25) is 0 Å². The normalized spacial score (nSPS) is 18.2. The summed E-state index contributed by atoms with van der Waals surface area (Å²) < 4.78 is 5.32. The first-order valence-electron chi connectivity index (χ1n) is 7.31. The fourth-order valence-corrected chi connectivity index (χ4v) is 3.08. The van der Waals surface area contributed by atoms with E-state index in [1.165, 1.54) is 30.6 Å². The Labute approximate surface area is 121 Å². The largest absolute Gasteiger partial charge is 0.497 e. The van der Waals surface area contributed by atoms with Gasteiger partial charge in [-0.25, -0.2) is 0 Å². The predicted octanol–water partition coefficient (Wildman–Crippen LogP) is 3.91. The van der Waals surface area contributed by atoms with Crippen LogP contribution in [-0.2, 0) is 6.42 Å². The van der Waals surface area contributed by atoms with E-state index in [0.29, 0.717) is 6.04 Å². The lowest BCUT2D eigenvalue weighted by molar-refractivity contribution is 0.414. The van der Waals surface area contributed by atoms with Gasteiger partial charge >= 0.3 is 0 Å². The minimum atomic E-state index is 0.601. The fraction of sp³-hybridized carbons (Fsp3) is 0.333. The third kappa shape index (κ3) is 2.79. The van der Waals surface area contributed by atoms with Crippen LogP contribution in [0.3, 0.4) is 0 Å². The number of hydrogen-bond donors (Lipinski definition) is 0. The van der Waals surface area contributed by atoms with Crippen LogP contribution in [0.5, 0.6) is 5.75 Å². The monoisotopic (exact) mass is 267 g/mol. The maximum absolute atomic E-state index is 5.32. The molecule has 0 radical (unpaired) electrons. The molecule has 1 aliphatic rings. The summed E-state index contributed by atoms with van der Waals surface area (Å²) in [5.74, 6) is 0.951. The number of rotatable bonds is 4. The van der Waals surface area contributed by atoms with Crippen LogP contribution >= 0.6 is 0 Å². The molecule has 0 aromatic heterocycles. The third-order valence-electron chi connectivity index (χ3n) is 4.07. The lowest BCUT2D eigenvalue weighted by Gasteiger charge is -2.27. The highest BCUT2D eigenvalue weighted by Crippen LogP contribution is 2.28. The zero-order chi connectivity index (χ0) is 13.8. The van der Waals surface area contributed by atoms with Crippen LogP contribution in [0.15, 0.2) is 54.6 Å². The molecule has 1 heterocycles. The maximum Gasteiger partial charge on any atom is 0.119 e. The first-order chi connectivity index (χ1) is 9.86. The zero-order valence-electron chi connectivity index (χ0n) is 12.0. The van der Waals surface area contributed by atoms with Gasteiger partial charge in [0, 0.05) is 18.3 Å². The van der Waals surface area contributed by atoms with Crippen LogP contribution in [0.25, 0.3) is 0 Å². The van der Waals surface area contributed by atoms with Crippen molar-refractivity contribution in [2.75, 3.05) is 18.6 Å². The molecule has 2 nitrogen and oxygen atoms in total. The molecular weight excluding hydrogens is 246 g/mol. The molecule has 0 bridgehead atoms. The van der Waals surface area contributed by atoms with E-state index in [4.69, 9.17) is 4.74 Å². The second-order valence-electron chi connectivity index (χ2n) is 5.38. The van der Waals surface area contributed by atoms with E-state index in [9.17, 15) is 0 Å². The molecule has 1 atom stereocenters. The summed E-state index contributed by atoms with van der Waals surface area (Å²) in [5.41, 5.74) is 2.70. The van der Waals surface area contributed by atoms with E-state index in [0.717, 1.165) is 12.2 Å². The summed E-state index contributed by atoms with van der Waals surface area (Å²) in [6.07, 6.45) is 3.64. The number of hydrogen-bond acceptors (Lipinski definition) is 2. The first-order valence-corrected chi connectivity index (χ1v) is 7.31. The Morgan fingerprint density at radius 2 is 1.95 bits per heavy atom. The molecule has 2 aromatic rings. The van der Waals surface area contributed by atoms with Crippen molar-refractivity contribution >= 4 is 5.69 Å². The summed E-state index contributed by atoms with van der Waals surface area (Å²) in [7, 11) is 1.73. The number of anilines is 1. The Balaban J connectivity index is 1.76. The van der Waals surface area contributed by atoms with Crippen molar-refractivity contribution in [3.05, 3.63) is 60.2 Å². The van der Waals surface area contributed by atoms with Gasteiger partial charge in [-0.2, -0.15) is 0 Å². The van der Waals surface area contributed by atoms with Gasteiger partial charge in [-0.1, -0.05) is 30.3 Å². The lowest BCUT2D eigenvalue weighted by atomic mass is 10.0. The molecule has 1 aliphatic heterocycles. The van der Waals surface area contributed by atoms with Crippen molar-refractivity contribution in [2.24, 2.45) is 0 Å². The zero-order valence-corrected chi connectivity index (χ0v) is 12.0. The molecular formula is C18H21NO. The number of benzene rings is 2. The standard InChI is InChI=1S/C18H21NO/c1-20-18-11-5-7-15(14-18)13-17-10-6-12-19(17)16-8-3-2-4-9-16/h2-5,7-9,11,14,17H,6,10,12-13H2,1H3. The van der Waals surface area contributed by atoms with Gasteiger partial charge < -0.3 is 9.64 Å². The molecule has 0 saturated carbocycles. The minimum Gasteiger partial charge on any atom is -0.497 e. The molecule has 0 aliphatic carbocycles. The smallest absolute Gasteiger partial charge is 0.119 e. The Bertz CT molecular complexity index is 552. The summed E-state index contributed by atoms with van der Waals surface area (Å²) in [5, 5.41) is 0. The van der Waals surface area contributed by atoms with E-state index in [-0.39, 0.29) is 0 Å². The highest BCUT2D eigenvalue weighted by Gasteiger charge is 2.24. The second-order valence-corrected chi connectivity index (χ2v) is 5.38. The molecule has 2 heteroatoms. The maximum atomic E-state index is 5.32. The average molecular weight is 267 g/mol.